The summed E-state index contributed by atoms with van der Waals surface area (Å²) in [4.78, 5) is 15.7. The number of ketones is 1. The first kappa shape index (κ1) is 11.1. The highest BCUT2D eigenvalue weighted by molar-refractivity contribution is 9.10. The van der Waals surface area contributed by atoms with Gasteiger partial charge in [0.05, 0.1) is 5.03 Å². The van der Waals surface area contributed by atoms with Gasteiger partial charge in [0.25, 0.3) is 0 Å². The first-order valence-electron chi connectivity index (χ1n) is 4.98. The van der Waals surface area contributed by atoms with E-state index in [0.29, 0.717) is 11.0 Å². The van der Waals surface area contributed by atoms with Crippen LogP contribution in [0.1, 0.15) is 19.8 Å². The summed E-state index contributed by atoms with van der Waals surface area (Å²) in [5, 5.41) is 1.41. The number of hydrogen-bond donors (Lipinski definition) is 0. The molecule has 1 aliphatic carbocycles. The van der Waals surface area contributed by atoms with Gasteiger partial charge in [-0.15, -0.1) is 11.8 Å². The lowest BCUT2D eigenvalue weighted by Crippen LogP contribution is -2.12. The molecule has 2 nitrogen and oxygen atoms in total. The summed E-state index contributed by atoms with van der Waals surface area (Å²) >= 11 is 5.07. The second kappa shape index (κ2) is 4.66. The minimum absolute atomic E-state index is 0.181. The van der Waals surface area contributed by atoms with E-state index in [1.54, 1.807) is 18.0 Å². The zero-order valence-electron chi connectivity index (χ0n) is 8.44. The Bertz CT molecular complexity index is 365. The van der Waals surface area contributed by atoms with Crippen molar-refractivity contribution < 1.29 is 4.79 Å². The maximum absolute atomic E-state index is 11.4. The van der Waals surface area contributed by atoms with Crippen molar-refractivity contribution in [2.75, 3.05) is 0 Å². The van der Waals surface area contributed by atoms with Gasteiger partial charge < -0.3 is 0 Å². The third kappa shape index (κ3) is 2.61. The highest BCUT2D eigenvalue weighted by atomic mass is 79.9. The molecular formula is C11H12BrNOS. The molecule has 0 N–H and O–H groups in total. The van der Waals surface area contributed by atoms with E-state index in [4.69, 9.17) is 0 Å². The molecule has 2 unspecified atom stereocenters. The molecule has 80 valence electrons. The molecule has 15 heavy (non-hydrogen) atoms. The van der Waals surface area contributed by atoms with Crippen LogP contribution >= 0.6 is 27.7 Å². The molecule has 1 aromatic rings. The fourth-order valence-electron chi connectivity index (χ4n) is 1.72. The largest absolute Gasteiger partial charge is 0.299 e. The summed E-state index contributed by atoms with van der Waals surface area (Å²) < 4.78 is 0.988. The van der Waals surface area contributed by atoms with E-state index in [0.717, 1.165) is 22.3 Å². The van der Waals surface area contributed by atoms with Crippen molar-refractivity contribution in [3.05, 3.63) is 22.8 Å². The Kier molecular flexibility index (Phi) is 3.46. The third-order valence-electron chi connectivity index (χ3n) is 2.71. The molecule has 0 spiro atoms. The molecule has 4 heteroatoms. The molecule has 1 heterocycles. The number of pyridine rings is 1. The second-order valence-electron chi connectivity index (χ2n) is 3.76. The quantitative estimate of drug-likeness (QED) is 0.835. The number of aromatic nitrogens is 1. The predicted octanol–water partition coefficient (Wildman–Crippen LogP) is 3.30. The van der Waals surface area contributed by atoms with Crippen molar-refractivity contribution in [3.63, 3.8) is 0 Å². The lowest BCUT2D eigenvalue weighted by molar-refractivity contribution is -0.120. The van der Waals surface area contributed by atoms with Crippen LogP contribution in [0.4, 0.5) is 0 Å². The SMILES string of the molecule is CC1C(=O)CCC1Sc1ccc(Br)cn1. The van der Waals surface area contributed by atoms with Gasteiger partial charge >= 0.3 is 0 Å². The predicted molar refractivity (Wildman–Crippen MR) is 65.0 cm³/mol. The number of halogens is 1. The average Bonchev–Trinajstić information content (AvgIpc) is 2.53. The lowest BCUT2D eigenvalue weighted by Gasteiger charge is -2.12. The van der Waals surface area contributed by atoms with Crippen LogP contribution in [0.2, 0.25) is 0 Å². The van der Waals surface area contributed by atoms with Crippen LogP contribution in [0, 0.1) is 5.92 Å². The lowest BCUT2D eigenvalue weighted by atomic mass is 10.1. The van der Waals surface area contributed by atoms with Crippen molar-refractivity contribution in [1.82, 2.24) is 4.98 Å². The summed E-state index contributed by atoms with van der Waals surface area (Å²) in [6.45, 7) is 2.02. The van der Waals surface area contributed by atoms with E-state index in [9.17, 15) is 4.79 Å². The van der Waals surface area contributed by atoms with Gasteiger partial charge in [-0.05, 0) is 34.5 Å². The molecule has 0 saturated heterocycles. The Morgan fingerprint density at radius 2 is 2.33 bits per heavy atom. The highest BCUT2D eigenvalue weighted by Crippen LogP contribution is 2.36. The van der Waals surface area contributed by atoms with E-state index >= 15 is 0 Å². The number of nitrogens with zero attached hydrogens (tertiary/aromatic N) is 1. The summed E-state index contributed by atoms with van der Waals surface area (Å²) in [5.74, 6) is 0.574. The van der Waals surface area contributed by atoms with Crippen LogP contribution in [-0.2, 0) is 4.79 Å². The minimum atomic E-state index is 0.181. The van der Waals surface area contributed by atoms with Gasteiger partial charge in [0.2, 0.25) is 0 Å². The van der Waals surface area contributed by atoms with Crippen LogP contribution in [0.15, 0.2) is 27.8 Å². The Morgan fingerprint density at radius 1 is 1.53 bits per heavy atom. The maximum Gasteiger partial charge on any atom is 0.136 e. The smallest absolute Gasteiger partial charge is 0.136 e. The normalized spacial score (nSPS) is 25.9. The van der Waals surface area contributed by atoms with Crippen molar-refractivity contribution in [1.29, 1.82) is 0 Å². The molecule has 1 aromatic heterocycles. The minimum Gasteiger partial charge on any atom is -0.299 e. The van der Waals surface area contributed by atoms with Gasteiger partial charge in [0.15, 0.2) is 0 Å². The molecule has 1 fully saturated rings. The van der Waals surface area contributed by atoms with Gasteiger partial charge in [-0.2, -0.15) is 0 Å². The topological polar surface area (TPSA) is 30.0 Å². The van der Waals surface area contributed by atoms with E-state index < -0.39 is 0 Å². The fourth-order valence-corrected chi connectivity index (χ4v) is 3.11. The van der Waals surface area contributed by atoms with Crippen molar-refractivity contribution >= 4 is 33.5 Å². The Labute approximate surface area is 102 Å². The third-order valence-corrected chi connectivity index (χ3v) is 4.61. The zero-order valence-corrected chi connectivity index (χ0v) is 10.8. The highest BCUT2D eigenvalue weighted by Gasteiger charge is 2.31. The average molecular weight is 286 g/mol. The Hall–Kier alpha value is -0.350. The molecule has 0 radical (unpaired) electrons. The van der Waals surface area contributed by atoms with Gasteiger partial charge in [-0.3, -0.25) is 4.79 Å². The first-order valence-corrected chi connectivity index (χ1v) is 6.65. The molecule has 0 amide bonds. The van der Waals surface area contributed by atoms with E-state index in [2.05, 4.69) is 20.9 Å². The molecule has 0 aromatic carbocycles. The van der Waals surface area contributed by atoms with Crippen LogP contribution in [0.25, 0.3) is 0 Å². The van der Waals surface area contributed by atoms with Crippen LogP contribution < -0.4 is 0 Å². The Morgan fingerprint density at radius 3 is 2.87 bits per heavy atom. The molecule has 2 atom stereocenters. The van der Waals surface area contributed by atoms with Gasteiger partial charge in [0.1, 0.15) is 5.78 Å². The van der Waals surface area contributed by atoms with Crippen LogP contribution in [0.3, 0.4) is 0 Å². The van der Waals surface area contributed by atoms with Crippen LogP contribution in [-0.4, -0.2) is 16.0 Å². The summed E-state index contributed by atoms with van der Waals surface area (Å²) in [6.07, 6.45) is 3.52. The van der Waals surface area contributed by atoms with E-state index in [-0.39, 0.29) is 5.92 Å². The number of Topliss-reactive ketones (excluding diaryl/α,β-unsaturated/α-hetero) is 1. The maximum atomic E-state index is 11.4. The monoisotopic (exact) mass is 285 g/mol. The standard InChI is InChI=1S/C11H12BrNOS/c1-7-9(14)3-4-10(7)15-11-5-2-8(12)6-13-11/h2,5-7,10H,3-4H2,1H3. The molecule has 1 aliphatic rings. The Balaban J connectivity index is 2.03. The molecule has 2 rings (SSSR count). The molecular weight excluding hydrogens is 274 g/mol. The van der Waals surface area contributed by atoms with Crippen molar-refractivity contribution in [3.8, 4) is 0 Å². The number of carbonyl (C=O) groups is 1. The van der Waals surface area contributed by atoms with Crippen molar-refractivity contribution in [2.24, 2.45) is 5.92 Å². The van der Waals surface area contributed by atoms with Gasteiger partial charge in [-0.1, -0.05) is 6.92 Å². The molecule has 1 saturated carbocycles. The molecule has 0 aliphatic heterocycles. The number of rotatable bonds is 2. The molecule has 0 bridgehead atoms. The van der Waals surface area contributed by atoms with E-state index in [1.165, 1.54) is 0 Å². The zero-order chi connectivity index (χ0) is 10.8. The summed E-state index contributed by atoms with van der Waals surface area (Å²) in [6, 6.07) is 3.97. The van der Waals surface area contributed by atoms with Gasteiger partial charge in [-0.25, -0.2) is 4.98 Å². The summed E-state index contributed by atoms with van der Waals surface area (Å²) in [5.41, 5.74) is 0. The number of carbonyl (C=O) groups excluding carboxylic acids is 1. The van der Waals surface area contributed by atoms with Crippen molar-refractivity contribution in [2.45, 2.75) is 30.0 Å². The number of thioether (sulfide) groups is 1. The van der Waals surface area contributed by atoms with E-state index in [1.807, 2.05) is 19.1 Å². The first-order chi connectivity index (χ1) is 7.16. The van der Waals surface area contributed by atoms with Crippen LogP contribution in [0.5, 0.6) is 0 Å². The second-order valence-corrected chi connectivity index (χ2v) is 5.94. The fraction of sp³-hybridized carbons (Fsp3) is 0.455. The van der Waals surface area contributed by atoms with Gasteiger partial charge in [0, 0.05) is 28.3 Å². The number of hydrogen-bond acceptors (Lipinski definition) is 3. The summed E-state index contributed by atoms with van der Waals surface area (Å²) in [7, 11) is 0.